The fourth-order valence-electron chi connectivity index (χ4n) is 1.93. The Morgan fingerprint density at radius 1 is 1.09 bits per heavy atom. The van der Waals surface area contributed by atoms with Gasteiger partial charge in [-0.2, -0.15) is 9.97 Å². The monoisotopic (exact) mass is 357 g/mol. The molecule has 0 aliphatic heterocycles. The van der Waals surface area contributed by atoms with Crippen LogP contribution in [0.25, 0.3) is 0 Å². The molecule has 7 nitrogen and oxygen atoms in total. The minimum Gasteiger partial charge on any atom is -0.495 e. The summed E-state index contributed by atoms with van der Waals surface area (Å²) in [6.07, 6.45) is 0. The van der Waals surface area contributed by atoms with Gasteiger partial charge in [0.25, 0.3) is 10.0 Å². The van der Waals surface area contributed by atoms with Crippen molar-refractivity contribution < 1.29 is 17.9 Å². The Morgan fingerprint density at radius 2 is 1.70 bits per heavy atom. The van der Waals surface area contributed by atoms with E-state index in [0.717, 1.165) is 0 Å². The predicted molar refractivity (Wildman–Crippen MR) is 86.9 cm³/mol. The van der Waals surface area contributed by atoms with Gasteiger partial charge in [-0.15, -0.1) is 0 Å². The van der Waals surface area contributed by atoms with Crippen molar-refractivity contribution in [3.63, 3.8) is 0 Å². The highest BCUT2D eigenvalue weighted by Gasteiger charge is 2.20. The fraction of sp³-hybridized carbons (Fsp3) is 0.286. The zero-order valence-electron chi connectivity index (χ0n) is 13.0. The second-order valence-electron chi connectivity index (χ2n) is 4.66. The van der Waals surface area contributed by atoms with E-state index in [2.05, 4.69) is 14.7 Å². The van der Waals surface area contributed by atoms with Gasteiger partial charge in [-0.05, 0) is 32.0 Å². The van der Waals surface area contributed by atoms with Crippen molar-refractivity contribution >= 4 is 27.3 Å². The summed E-state index contributed by atoms with van der Waals surface area (Å²) in [6, 6.07) is 4.39. The van der Waals surface area contributed by atoms with Crippen LogP contribution in [0, 0.1) is 13.8 Å². The molecule has 124 valence electrons. The first kappa shape index (κ1) is 17.3. The lowest BCUT2D eigenvalue weighted by molar-refractivity contribution is 0.378. The van der Waals surface area contributed by atoms with Crippen LogP contribution >= 0.6 is 11.6 Å². The molecule has 0 saturated carbocycles. The van der Waals surface area contributed by atoms with E-state index in [0.29, 0.717) is 22.8 Å². The summed E-state index contributed by atoms with van der Waals surface area (Å²) in [6.45, 7) is 3.33. The van der Waals surface area contributed by atoms with Crippen molar-refractivity contribution in [2.24, 2.45) is 0 Å². The van der Waals surface area contributed by atoms with E-state index in [4.69, 9.17) is 21.1 Å². The molecule has 0 unspecified atom stereocenters. The number of aromatic nitrogens is 2. The highest BCUT2D eigenvalue weighted by Crippen LogP contribution is 2.29. The molecule has 0 spiro atoms. The second kappa shape index (κ2) is 6.59. The lowest BCUT2D eigenvalue weighted by Gasteiger charge is -2.13. The van der Waals surface area contributed by atoms with Gasteiger partial charge in [0.05, 0.1) is 41.2 Å². The smallest absolute Gasteiger partial charge is 0.316 e. The van der Waals surface area contributed by atoms with Gasteiger partial charge in [0.15, 0.2) is 0 Å². The van der Waals surface area contributed by atoms with Crippen molar-refractivity contribution in [2.75, 3.05) is 18.9 Å². The topological polar surface area (TPSA) is 90.4 Å². The number of hydrogen-bond donors (Lipinski definition) is 1. The minimum atomic E-state index is -3.84. The van der Waals surface area contributed by atoms with Crippen LogP contribution in [-0.2, 0) is 10.0 Å². The molecule has 1 N–H and O–H groups in total. The Kier molecular flexibility index (Phi) is 4.96. The Labute approximate surface area is 139 Å². The van der Waals surface area contributed by atoms with E-state index in [1.54, 1.807) is 13.8 Å². The van der Waals surface area contributed by atoms with Gasteiger partial charge < -0.3 is 9.47 Å². The van der Waals surface area contributed by atoms with Crippen molar-refractivity contribution in [3.05, 3.63) is 34.6 Å². The van der Waals surface area contributed by atoms with Gasteiger partial charge in [-0.1, -0.05) is 11.6 Å². The lowest BCUT2D eigenvalue weighted by Crippen LogP contribution is -2.16. The highest BCUT2D eigenvalue weighted by atomic mass is 35.5. The summed E-state index contributed by atoms with van der Waals surface area (Å²) >= 11 is 5.98. The molecule has 0 atom stereocenters. The summed E-state index contributed by atoms with van der Waals surface area (Å²) < 4.78 is 37.5. The number of ether oxygens (including phenoxy) is 2. The van der Waals surface area contributed by atoms with Gasteiger partial charge in [-0.3, -0.25) is 4.72 Å². The molecule has 1 aromatic heterocycles. The van der Waals surface area contributed by atoms with E-state index in [-0.39, 0.29) is 15.9 Å². The molecule has 0 aliphatic rings. The normalized spacial score (nSPS) is 11.2. The number of methoxy groups -OCH3 is 2. The summed E-state index contributed by atoms with van der Waals surface area (Å²) in [4.78, 5) is 8.15. The molecule has 0 aliphatic carbocycles. The number of halogens is 1. The number of aryl methyl sites for hydroxylation is 2. The number of nitrogens with zero attached hydrogens (tertiary/aromatic N) is 2. The number of anilines is 1. The molecule has 0 bridgehead atoms. The molecule has 1 aromatic carbocycles. The molecule has 1 heterocycles. The van der Waals surface area contributed by atoms with Crippen LogP contribution in [-0.4, -0.2) is 32.6 Å². The number of benzene rings is 1. The molecule has 0 saturated heterocycles. The SMILES string of the molecule is COc1nc(C)c(NS(=O)(=O)c2ccc(OC)c(Cl)c2)c(C)n1. The molecule has 2 aromatic rings. The van der Waals surface area contributed by atoms with Crippen LogP contribution in [0.3, 0.4) is 0 Å². The second-order valence-corrected chi connectivity index (χ2v) is 6.75. The first-order chi connectivity index (χ1) is 10.8. The first-order valence-corrected chi connectivity index (χ1v) is 8.40. The molecular formula is C14H16ClN3O4S. The van der Waals surface area contributed by atoms with Crippen molar-refractivity contribution in [1.29, 1.82) is 0 Å². The van der Waals surface area contributed by atoms with Crippen LogP contribution < -0.4 is 14.2 Å². The maximum Gasteiger partial charge on any atom is 0.316 e. The molecule has 9 heteroatoms. The third-order valence-corrected chi connectivity index (χ3v) is 4.75. The number of nitrogens with one attached hydrogen (secondary N) is 1. The van der Waals surface area contributed by atoms with Gasteiger partial charge in [0.2, 0.25) is 0 Å². The summed E-state index contributed by atoms with van der Waals surface area (Å²) in [7, 11) is -0.941. The zero-order chi connectivity index (χ0) is 17.2. The summed E-state index contributed by atoms with van der Waals surface area (Å²) in [5.41, 5.74) is 1.22. The van der Waals surface area contributed by atoms with Crippen LogP contribution in [0.2, 0.25) is 5.02 Å². The average Bonchev–Trinajstić information content (AvgIpc) is 2.50. The van der Waals surface area contributed by atoms with Crippen molar-refractivity contribution in [3.8, 4) is 11.8 Å². The van der Waals surface area contributed by atoms with Crippen LogP contribution in [0.1, 0.15) is 11.4 Å². The van der Waals surface area contributed by atoms with E-state index >= 15 is 0 Å². The van der Waals surface area contributed by atoms with Crippen LogP contribution in [0.15, 0.2) is 23.1 Å². The van der Waals surface area contributed by atoms with Gasteiger partial charge in [0, 0.05) is 0 Å². The summed E-state index contributed by atoms with van der Waals surface area (Å²) in [5.74, 6) is 0.394. The van der Waals surface area contributed by atoms with Crippen molar-refractivity contribution in [1.82, 2.24) is 9.97 Å². The molecule has 0 radical (unpaired) electrons. The highest BCUT2D eigenvalue weighted by molar-refractivity contribution is 7.92. The number of sulfonamides is 1. The predicted octanol–water partition coefficient (Wildman–Crippen LogP) is 2.56. The maximum atomic E-state index is 12.5. The molecular weight excluding hydrogens is 342 g/mol. The zero-order valence-corrected chi connectivity index (χ0v) is 14.6. The first-order valence-electron chi connectivity index (χ1n) is 6.54. The van der Waals surface area contributed by atoms with Crippen LogP contribution in [0.5, 0.6) is 11.8 Å². The third kappa shape index (κ3) is 3.65. The molecule has 2 rings (SSSR count). The standard InChI is InChI=1S/C14H16ClN3O4S/c1-8-13(9(2)17-14(16-8)22-4)18-23(19,20)10-5-6-12(21-3)11(15)7-10/h5-7,18H,1-4H3. The van der Waals surface area contributed by atoms with E-state index in [1.807, 2.05) is 0 Å². The molecule has 0 amide bonds. The third-order valence-electron chi connectivity index (χ3n) is 3.10. The van der Waals surface area contributed by atoms with Crippen molar-refractivity contribution in [2.45, 2.75) is 18.7 Å². The Hall–Kier alpha value is -2.06. The van der Waals surface area contributed by atoms with E-state index in [9.17, 15) is 8.42 Å². The molecule has 0 fully saturated rings. The quantitative estimate of drug-likeness (QED) is 0.884. The Morgan fingerprint density at radius 3 is 2.17 bits per heavy atom. The minimum absolute atomic E-state index is 0.0120. The van der Waals surface area contributed by atoms with E-state index < -0.39 is 10.0 Å². The fourth-order valence-corrected chi connectivity index (χ4v) is 3.46. The van der Waals surface area contributed by atoms with Gasteiger partial charge in [0.1, 0.15) is 5.75 Å². The number of hydrogen-bond acceptors (Lipinski definition) is 6. The average molecular weight is 358 g/mol. The van der Waals surface area contributed by atoms with E-state index in [1.165, 1.54) is 32.4 Å². The Bertz CT molecular complexity index is 817. The maximum absolute atomic E-state index is 12.5. The van der Waals surface area contributed by atoms with Crippen LogP contribution in [0.4, 0.5) is 5.69 Å². The lowest BCUT2D eigenvalue weighted by atomic mass is 10.3. The number of rotatable bonds is 5. The molecule has 23 heavy (non-hydrogen) atoms. The van der Waals surface area contributed by atoms with Gasteiger partial charge in [-0.25, -0.2) is 8.42 Å². The largest absolute Gasteiger partial charge is 0.495 e. The Balaban J connectivity index is 2.41. The van der Waals surface area contributed by atoms with Gasteiger partial charge >= 0.3 is 6.01 Å². The summed E-state index contributed by atoms with van der Waals surface area (Å²) in [5, 5.41) is 0.204.